The van der Waals surface area contributed by atoms with Gasteiger partial charge in [0.05, 0.1) is 11.8 Å². The maximum Gasteiger partial charge on any atom is 0.150 e. The summed E-state index contributed by atoms with van der Waals surface area (Å²) >= 11 is 0. The first-order chi connectivity index (χ1) is 10.4. The number of rotatable bonds is 5. The van der Waals surface area contributed by atoms with Crippen molar-refractivity contribution in [1.29, 1.82) is 0 Å². The van der Waals surface area contributed by atoms with Crippen molar-refractivity contribution in [3.8, 4) is 11.5 Å². The molecule has 110 valence electrons. The molecule has 0 spiro atoms. The largest absolute Gasteiger partial charge is 0.455 e. The summed E-state index contributed by atoms with van der Waals surface area (Å²) in [7, 11) is 0. The van der Waals surface area contributed by atoms with E-state index in [1.165, 1.54) is 12.8 Å². The normalized spacial score (nSPS) is 18.2. The maximum atomic E-state index is 5.95. The number of ether oxygens (including phenoxy) is 2. The minimum Gasteiger partial charge on any atom is -0.455 e. The molecule has 1 unspecified atom stereocenters. The van der Waals surface area contributed by atoms with E-state index >= 15 is 0 Å². The van der Waals surface area contributed by atoms with Crippen molar-refractivity contribution in [2.45, 2.75) is 25.4 Å². The summed E-state index contributed by atoms with van der Waals surface area (Å²) in [5, 5.41) is 3.45. The lowest BCUT2D eigenvalue weighted by Gasteiger charge is -2.23. The minimum atomic E-state index is 0.309. The molecule has 0 radical (unpaired) electrons. The highest BCUT2D eigenvalue weighted by molar-refractivity contribution is 5.57. The summed E-state index contributed by atoms with van der Waals surface area (Å²) in [5.41, 5.74) is 1.01. The van der Waals surface area contributed by atoms with E-state index in [4.69, 9.17) is 9.47 Å². The third kappa shape index (κ3) is 3.99. The lowest BCUT2D eigenvalue weighted by Crippen LogP contribution is -2.27. The zero-order valence-electron chi connectivity index (χ0n) is 12.1. The molecule has 1 heterocycles. The molecular formula is C18H21NO2. The fourth-order valence-electron chi connectivity index (χ4n) is 2.51. The first kappa shape index (κ1) is 14.0. The molecule has 3 nitrogen and oxygen atoms in total. The van der Waals surface area contributed by atoms with Gasteiger partial charge in [-0.15, -0.1) is 0 Å². The van der Waals surface area contributed by atoms with Crippen LogP contribution >= 0.6 is 0 Å². The molecule has 1 aliphatic heterocycles. The van der Waals surface area contributed by atoms with E-state index in [0.29, 0.717) is 6.10 Å². The second-order valence-electron chi connectivity index (χ2n) is 5.28. The molecule has 0 saturated carbocycles. The maximum absolute atomic E-state index is 5.95. The molecule has 3 heteroatoms. The summed E-state index contributed by atoms with van der Waals surface area (Å²) in [6.07, 6.45) is 3.89. The fourth-order valence-corrected chi connectivity index (χ4v) is 2.51. The molecule has 3 rings (SSSR count). The van der Waals surface area contributed by atoms with E-state index in [1.807, 2.05) is 54.6 Å². The summed E-state index contributed by atoms with van der Waals surface area (Å²) in [6.45, 7) is 1.71. The average Bonchev–Trinajstić information content (AvgIpc) is 2.56. The summed E-state index contributed by atoms with van der Waals surface area (Å²) in [6, 6.07) is 17.9. The highest BCUT2D eigenvalue weighted by Crippen LogP contribution is 2.29. The Morgan fingerprint density at radius 2 is 1.81 bits per heavy atom. The number of nitrogens with one attached hydrogen (secondary N) is 1. The van der Waals surface area contributed by atoms with Crippen molar-refractivity contribution in [3.05, 3.63) is 54.6 Å². The molecular weight excluding hydrogens is 262 g/mol. The molecule has 1 aliphatic rings. The Morgan fingerprint density at radius 1 is 1.00 bits per heavy atom. The first-order valence-electron chi connectivity index (χ1n) is 7.59. The molecule has 2 aromatic rings. The summed E-state index contributed by atoms with van der Waals surface area (Å²) in [5.74, 6) is 1.69. The van der Waals surface area contributed by atoms with Gasteiger partial charge >= 0.3 is 0 Å². The van der Waals surface area contributed by atoms with Crippen molar-refractivity contribution >= 4 is 5.69 Å². The minimum absolute atomic E-state index is 0.309. The van der Waals surface area contributed by atoms with E-state index in [1.54, 1.807) is 0 Å². The van der Waals surface area contributed by atoms with Crippen LogP contribution in [0.3, 0.4) is 0 Å². The molecule has 1 atom stereocenters. The van der Waals surface area contributed by atoms with Gasteiger partial charge in [-0.2, -0.15) is 0 Å². The van der Waals surface area contributed by atoms with Gasteiger partial charge in [-0.1, -0.05) is 30.3 Å². The second-order valence-corrected chi connectivity index (χ2v) is 5.28. The first-order valence-corrected chi connectivity index (χ1v) is 7.59. The van der Waals surface area contributed by atoms with Gasteiger partial charge in [0.1, 0.15) is 5.75 Å². The van der Waals surface area contributed by atoms with Crippen LogP contribution in [0.2, 0.25) is 0 Å². The Bertz CT molecular complexity index is 550. The van der Waals surface area contributed by atoms with Crippen LogP contribution < -0.4 is 10.1 Å². The van der Waals surface area contributed by atoms with Gasteiger partial charge < -0.3 is 14.8 Å². The second kappa shape index (κ2) is 7.14. The number of benzene rings is 2. The monoisotopic (exact) mass is 283 g/mol. The Labute approximate surface area is 125 Å². The predicted molar refractivity (Wildman–Crippen MR) is 85.0 cm³/mol. The third-order valence-corrected chi connectivity index (χ3v) is 3.65. The number of hydrogen-bond acceptors (Lipinski definition) is 3. The number of anilines is 1. The van der Waals surface area contributed by atoms with Crippen LogP contribution in [0.1, 0.15) is 19.3 Å². The van der Waals surface area contributed by atoms with Crippen LogP contribution in [0.4, 0.5) is 5.69 Å². The van der Waals surface area contributed by atoms with Crippen LogP contribution in [0, 0.1) is 0 Å². The zero-order chi connectivity index (χ0) is 14.3. The van der Waals surface area contributed by atoms with Crippen LogP contribution in [-0.4, -0.2) is 19.3 Å². The van der Waals surface area contributed by atoms with E-state index in [9.17, 15) is 0 Å². The van der Waals surface area contributed by atoms with E-state index < -0.39 is 0 Å². The summed E-state index contributed by atoms with van der Waals surface area (Å²) in [4.78, 5) is 0. The Balaban J connectivity index is 1.64. The van der Waals surface area contributed by atoms with Crippen molar-refractivity contribution in [2.24, 2.45) is 0 Å². The lowest BCUT2D eigenvalue weighted by molar-refractivity contribution is 0.0247. The average molecular weight is 283 g/mol. The molecule has 21 heavy (non-hydrogen) atoms. The van der Waals surface area contributed by atoms with E-state index in [2.05, 4.69) is 5.32 Å². The van der Waals surface area contributed by atoms with E-state index in [-0.39, 0.29) is 0 Å². The molecule has 0 aliphatic carbocycles. The van der Waals surface area contributed by atoms with Gasteiger partial charge in [-0.3, -0.25) is 0 Å². The molecule has 1 fully saturated rings. The van der Waals surface area contributed by atoms with Crippen LogP contribution in [0.5, 0.6) is 11.5 Å². The Morgan fingerprint density at radius 3 is 2.62 bits per heavy atom. The quantitative estimate of drug-likeness (QED) is 0.878. The van der Waals surface area contributed by atoms with Crippen LogP contribution in [0.15, 0.2) is 54.6 Å². The zero-order valence-corrected chi connectivity index (χ0v) is 12.1. The number of para-hydroxylation sites is 3. The van der Waals surface area contributed by atoms with Crippen molar-refractivity contribution in [2.75, 3.05) is 18.5 Å². The van der Waals surface area contributed by atoms with Gasteiger partial charge in [0.25, 0.3) is 0 Å². The van der Waals surface area contributed by atoms with Gasteiger partial charge in [0.2, 0.25) is 0 Å². The Hall–Kier alpha value is -2.00. The third-order valence-electron chi connectivity index (χ3n) is 3.65. The number of hydrogen-bond donors (Lipinski definition) is 1. The molecule has 1 N–H and O–H groups in total. The SMILES string of the molecule is c1ccc(Oc2ccccc2NCC2CCCCO2)cc1. The van der Waals surface area contributed by atoms with E-state index in [0.717, 1.165) is 36.8 Å². The van der Waals surface area contributed by atoms with Crippen molar-refractivity contribution < 1.29 is 9.47 Å². The molecule has 1 saturated heterocycles. The van der Waals surface area contributed by atoms with Crippen molar-refractivity contribution in [3.63, 3.8) is 0 Å². The fraction of sp³-hybridized carbons (Fsp3) is 0.333. The van der Waals surface area contributed by atoms with Gasteiger partial charge in [-0.25, -0.2) is 0 Å². The topological polar surface area (TPSA) is 30.5 Å². The predicted octanol–water partition coefficient (Wildman–Crippen LogP) is 4.46. The molecule has 0 amide bonds. The Kier molecular flexibility index (Phi) is 4.74. The molecule has 2 aromatic carbocycles. The molecule has 0 bridgehead atoms. The standard InChI is InChI=1S/C18H21NO2/c1-2-8-15(9-3-1)21-18-12-5-4-11-17(18)19-14-16-10-6-7-13-20-16/h1-5,8-9,11-12,16,19H,6-7,10,13-14H2. The highest BCUT2D eigenvalue weighted by Gasteiger charge is 2.14. The van der Waals surface area contributed by atoms with Crippen LogP contribution in [0.25, 0.3) is 0 Å². The molecule has 0 aromatic heterocycles. The smallest absolute Gasteiger partial charge is 0.150 e. The highest BCUT2D eigenvalue weighted by atomic mass is 16.5. The van der Waals surface area contributed by atoms with Gasteiger partial charge in [0.15, 0.2) is 5.75 Å². The summed E-state index contributed by atoms with van der Waals surface area (Å²) < 4.78 is 11.7. The van der Waals surface area contributed by atoms with Gasteiger partial charge in [-0.05, 0) is 43.5 Å². The lowest BCUT2D eigenvalue weighted by atomic mass is 10.1. The van der Waals surface area contributed by atoms with Crippen LogP contribution in [-0.2, 0) is 4.74 Å². The van der Waals surface area contributed by atoms with Crippen molar-refractivity contribution in [1.82, 2.24) is 0 Å². The van der Waals surface area contributed by atoms with Gasteiger partial charge in [0, 0.05) is 13.2 Å².